The van der Waals surface area contributed by atoms with Crippen LogP contribution in [0.1, 0.15) is 18.4 Å². The Hall–Kier alpha value is -1.75. The van der Waals surface area contributed by atoms with Gasteiger partial charge in [-0.05, 0) is 58.6 Å². The lowest BCUT2D eigenvalue weighted by Gasteiger charge is -2.05. The highest BCUT2D eigenvalue weighted by Gasteiger charge is 2.03. The van der Waals surface area contributed by atoms with Crippen LogP contribution in [0, 0.1) is 5.82 Å². The van der Waals surface area contributed by atoms with Crippen LogP contribution >= 0.6 is 15.9 Å². The van der Waals surface area contributed by atoms with Gasteiger partial charge in [-0.1, -0.05) is 12.1 Å². The zero-order chi connectivity index (χ0) is 14.4. The Bertz CT molecular complexity index is 569. The largest absolute Gasteiger partial charge is 0.325 e. The van der Waals surface area contributed by atoms with E-state index in [-0.39, 0.29) is 11.7 Å². The molecule has 0 fully saturated rings. The zero-order valence-corrected chi connectivity index (χ0v) is 12.4. The van der Waals surface area contributed by atoms with Crippen LogP contribution in [0.4, 0.5) is 10.1 Å². The molecule has 0 saturated heterocycles. The van der Waals surface area contributed by atoms with Crippen LogP contribution in [-0.4, -0.2) is 10.9 Å². The minimum Gasteiger partial charge on any atom is -0.325 e. The number of carbonyl (C=O) groups is 1. The fourth-order valence-electron chi connectivity index (χ4n) is 1.78. The molecular weight excluding hydrogens is 323 g/mol. The quantitative estimate of drug-likeness (QED) is 0.840. The highest BCUT2D eigenvalue weighted by Crippen LogP contribution is 2.12. The lowest BCUT2D eigenvalue weighted by atomic mass is 10.1. The lowest BCUT2D eigenvalue weighted by Crippen LogP contribution is -2.11. The molecule has 0 spiro atoms. The number of amides is 1. The molecule has 1 aromatic heterocycles. The van der Waals surface area contributed by atoms with Crippen LogP contribution in [0.3, 0.4) is 0 Å². The minimum absolute atomic E-state index is 0.0452. The van der Waals surface area contributed by atoms with Crippen LogP contribution in [0.5, 0.6) is 0 Å². The molecule has 1 amide bonds. The summed E-state index contributed by atoms with van der Waals surface area (Å²) >= 11 is 3.23. The summed E-state index contributed by atoms with van der Waals surface area (Å²) in [6.45, 7) is 0. The van der Waals surface area contributed by atoms with E-state index in [1.54, 1.807) is 30.5 Å². The number of aromatic nitrogens is 1. The molecule has 2 rings (SSSR count). The van der Waals surface area contributed by atoms with Gasteiger partial charge in [-0.3, -0.25) is 4.79 Å². The minimum atomic E-state index is -0.241. The molecule has 104 valence electrons. The van der Waals surface area contributed by atoms with Crippen molar-refractivity contribution in [3.05, 3.63) is 58.6 Å². The average molecular weight is 337 g/mol. The standard InChI is InChI=1S/C15H14BrFN2O/c16-14-9-8-13(10-18-14)19-15(20)3-1-2-11-4-6-12(17)7-5-11/h4-10H,1-3H2,(H,19,20). The summed E-state index contributed by atoms with van der Waals surface area (Å²) in [5, 5.41) is 2.78. The molecule has 20 heavy (non-hydrogen) atoms. The van der Waals surface area contributed by atoms with E-state index in [4.69, 9.17) is 0 Å². The van der Waals surface area contributed by atoms with Gasteiger partial charge in [0.2, 0.25) is 5.91 Å². The van der Waals surface area contributed by atoms with Crippen molar-refractivity contribution >= 4 is 27.5 Å². The van der Waals surface area contributed by atoms with Gasteiger partial charge < -0.3 is 5.32 Å². The number of benzene rings is 1. The molecule has 5 heteroatoms. The van der Waals surface area contributed by atoms with Gasteiger partial charge in [-0.15, -0.1) is 0 Å². The first-order valence-corrected chi connectivity index (χ1v) is 7.08. The molecule has 0 radical (unpaired) electrons. The van der Waals surface area contributed by atoms with Crippen molar-refractivity contribution in [1.82, 2.24) is 4.98 Å². The van der Waals surface area contributed by atoms with Gasteiger partial charge in [0.1, 0.15) is 10.4 Å². The Kier molecular flexibility index (Phi) is 5.24. The van der Waals surface area contributed by atoms with Gasteiger partial charge in [0.25, 0.3) is 0 Å². The smallest absolute Gasteiger partial charge is 0.224 e. The third-order valence-corrected chi connectivity index (χ3v) is 3.26. The monoisotopic (exact) mass is 336 g/mol. The fraction of sp³-hybridized carbons (Fsp3) is 0.200. The van der Waals surface area contributed by atoms with E-state index >= 15 is 0 Å². The summed E-state index contributed by atoms with van der Waals surface area (Å²) < 4.78 is 13.5. The molecule has 2 aromatic rings. The molecule has 0 aliphatic carbocycles. The second kappa shape index (κ2) is 7.14. The molecule has 0 atom stereocenters. The Morgan fingerprint density at radius 2 is 1.95 bits per heavy atom. The number of halogens is 2. The maximum Gasteiger partial charge on any atom is 0.224 e. The molecule has 0 unspecified atom stereocenters. The lowest BCUT2D eigenvalue weighted by molar-refractivity contribution is -0.116. The van der Waals surface area contributed by atoms with E-state index in [9.17, 15) is 9.18 Å². The molecule has 1 N–H and O–H groups in total. The first-order chi connectivity index (χ1) is 9.63. The van der Waals surface area contributed by atoms with Gasteiger partial charge in [0.05, 0.1) is 11.9 Å². The summed E-state index contributed by atoms with van der Waals surface area (Å²) in [4.78, 5) is 15.8. The Labute approximate surface area is 125 Å². The highest BCUT2D eigenvalue weighted by atomic mass is 79.9. The topological polar surface area (TPSA) is 42.0 Å². The number of nitrogens with zero attached hydrogens (tertiary/aromatic N) is 1. The normalized spacial score (nSPS) is 10.3. The average Bonchev–Trinajstić information content (AvgIpc) is 2.44. The molecule has 0 bridgehead atoms. The third-order valence-electron chi connectivity index (χ3n) is 2.79. The predicted molar refractivity (Wildman–Crippen MR) is 79.9 cm³/mol. The predicted octanol–water partition coefficient (Wildman–Crippen LogP) is 3.94. The number of rotatable bonds is 5. The van der Waals surface area contributed by atoms with Crippen LogP contribution < -0.4 is 5.32 Å². The molecule has 3 nitrogen and oxygen atoms in total. The van der Waals surface area contributed by atoms with E-state index in [0.717, 1.165) is 23.0 Å². The number of pyridine rings is 1. The van der Waals surface area contributed by atoms with Gasteiger partial charge >= 0.3 is 0 Å². The van der Waals surface area contributed by atoms with E-state index < -0.39 is 0 Å². The van der Waals surface area contributed by atoms with Crippen LogP contribution in [0.25, 0.3) is 0 Å². The first-order valence-electron chi connectivity index (χ1n) is 6.29. The number of carbonyl (C=O) groups excluding carboxylic acids is 1. The van der Waals surface area contributed by atoms with E-state index in [1.807, 2.05) is 0 Å². The Morgan fingerprint density at radius 3 is 2.60 bits per heavy atom. The zero-order valence-electron chi connectivity index (χ0n) is 10.8. The number of hydrogen-bond acceptors (Lipinski definition) is 2. The van der Waals surface area contributed by atoms with Crippen LogP contribution in [0.15, 0.2) is 47.2 Å². The summed E-state index contributed by atoms with van der Waals surface area (Å²) in [6, 6.07) is 9.91. The van der Waals surface area contributed by atoms with E-state index in [0.29, 0.717) is 12.1 Å². The van der Waals surface area contributed by atoms with Crippen molar-refractivity contribution in [2.24, 2.45) is 0 Å². The van der Waals surface area contributed by atoms with Crippen molar-refractivity contribution in [3.63, 3.8) is 0 Å². The number of aryl methyl sites for hydroxylation is 1. The molecule has 0 aliphatic rings. The number of anilines is 1. The maximum absolute atomic E-state index is 12.7. The van der Waals surface area contributed by atoms with Gasteiger partial charge in [-0.25, -0.2) is 9.37 Å². The summed E-state index contributed by atoms with van der Waals surface area (Å²) in [5.74, 6) is -0.287. The highest BCUT2D eigenvalue weighted by molar-refractivity contribution is 9.10. The third kappa shape index (κ3) is 4.74. The van der Waals surface area contributed by atoms with Gasteiger partial charge in [0, 0.05) is 6.42 Å². The summed E-state index contributed by atoms with van der Waals surface area (Å²) in [7, 11) is 0. The molecule has 0 saturated carbocycles. The van der Waals surface area contributed by atoms with Crippen LogP contribution in [0.2, 0.25) is 0 Å². The molecule has 0 aliphatic heterocycles. The van der Waals surface area contributed by atoms with Crippen molar-refractivity contribution in [2.75, 3.05) is 5.32 Å². The number of nitrogens with one attached hydrogen (secondary N) is 1. The molecular formula is C15H14BrFN2O. The van der Waals surface area contributed by atoms with Gasteiger partial charge in [-0.2, -0.15) is 0 Å². The second-order valence-corrected chi connectivity index (χ2v) is 5.21. The maximum atomic E-state index is 12.7. The summed E-state index contributed by atoms with van der Waals surface area (Å²) in [6.07, 6.45) is 3.50. The number of hydrogen-bond donors (Lipinski definition) is 1. The van der Waals surface area contributed by atoms with E-state index in [1.165, 1.54) is 12.1 Å². The fourth-order valence-corrected chi connectivity index (χ4v) is 2.01. The Balaban J connectivity index is 1.75. The van der Waals surface area contributed by atoms with Crippen molar-refractivity contribution in [2.45, 2.75) is 19.3 Å². The van der Waals surface area contributed by atoms with Crippen molar-refractivity contribution < 1.29 is 9.18 Å². The van der Waals surface area contributed by atoms with E-state index in [2.05, 4.69) is 26.2 Å². The van der Waals surface area contributed by atoms with Gasteiger partial charge in [0.15, 0.2) is 0 Å². The van der Waals surface area contributed by atoms with Crippen molar-refractivity contribution in [1.29, 1.82) is 0 Å². The molecule has 1 aromatic carbocycles. The summed E-state index contributed by atoms with van der Waals surface area (Å²) in [5.41, 5.74) is 1.71. The van der Waals surface area contributed by atoms with Crippen LogP contribution in [-0.2, 0) is 11.2 Å². The van der Waals surface area contributed by atoms with Crippen molar-refractivity contribution in [3.8, 4) is 0 Å². The second-order valence-electron chi connectivity index (χ2n) is 4.40. The molecule has 1 heterocycles. The first kappa shape index (κ1) is 14.7. The Morgan fingerprint density at radius 1 is 1.20 bits per heavy atom. The SMILES string of the molecule is O=C(CCCc1ccc(F)cc1)Nc1ccc(Br)nc1.